The van der Waals surface area contributed by atoms with Crippen LogP contribution in [0.3, 0.4) is 0 Å². The summed E-state index contributed by atoms with van der Waals surface area (Å²) in [6, 6.07) is 17.9. The van der Waals surface area contributed by atoms with E-state index in [1.165, 1.54) is 17.0 Å². The summed E-state index contributed by atoms with van der Waals surface area (Å²) in [6.07, 6.45) is 3.24. The molecule has 1 aliphatic rings. The number of phenolic OH excluding ortho intramolecular Hbond substituents is 1. The largest absolute Gasteiger partial charge is 0.508 e. The quantitative estimate of drug-likeness (QED) is 0.273. The first-order valence-corrected chi connectivity index (χ1v) is 13.6. The Morgan fingerprint density at radius 3 is 2.74 bits per heavy atom. The molecule has 2 aromatic carbocycles. The molecule has 42 heavy (non-hydrogen) atoms. The Labute approximate surface area is 240 Å². The van der Waals surface area contributed by atoms with Crippen molar-refractivity contribution in [1.82, 2.24) is 30.5 Å². The minimum atomic E-state index is -1.10. The third kappa shape index (κ3) is 5.84. The Hall–Kier alpha value is -5.10. The van der Waals surface area contributed by atoms with Crippen molar-refractivity contribution in [3.8, 4) is 17.3 Å². The predicted octanol–water partition coefficient (Wildman–Crippen LogP) is 3.57. The first kappa shape index (κ1) is 27.1. The molecule has 3 aromatic heterocycles. The van der Waals surface area contributed by atoms with E-state index < -0.39 is 17.9 Å². The van der Waals surface area contributed by atoms with Crippen LogP contribution in [-0.2, 0) is 20.9 Å². The molecule has 1 saturated heterocycles. The Balaban J connectivity index is 1.38. The van der Waals surface area contributed by atoms with Crippen LogP contribution in [0.4, 0.5) is 5.69 Å². The number of amides is 2. The first-order chi connectivity index (χ1) is 20.4. The maximum Gasteiger partial charge on any atom is 0.251 e. The van der Waals surface area contributed by atoms with Gasteiger partial charge in [0.1, 0.15) is 24.1 Å². The number of benzene rings is 2. The van der Waals surface area contributed by atoms with E-state index in [-0.39, 0.29) is 24.2 Å². The number of para-hydroxylation sites is 1. The summed E-state index contributed by atoms with van der Waals surface area (Å²) in [5, 5.41) is 26.1. The smallest absolute Gasteiger partial charge is 0.251 e. The fraction of sp³-hybridized carbons (Fsp3) is 0.267. The second-order valence-corrected chi connectivity index (χ2v) is 10.1. The zero-order valence-corrected chi connectivity index (χ0v) is 22.9. The fourth-order valence-electron chi connectivity index (χ4n) is 4.98. The van der Waals surface area contributed by atoms with Crippen molar-refractivity contribution in [3.05, 3.63) is 84.3 Å². The lowest BCUT2D eigenvalue weighted by atomic mass is 10.0. The second kappa shape index (κ2) is 11.8. The van der Waals surface area contributed by atoms with Gasteiger partial charge in [-0.3, -0.25) is 19.5 Å². The van der Waals surface area contributed by atoms with Crippen molar-refractivity contribution >= 4 is 28.4 Å². The van der Waals surface area contributed by atoms with Crippen LogP contribution in [0.5, 0.6) is 5.75 Å². The summed E-state index contributed by atoms with van der Waals surface area (Å²) in [7, 11) is 0. The first-order valence-electron chi connectivity index (χ1n) is 13.6. The highest BCUT2D eigenvalue weighted by molar-refractivity contribution is 6.02. The molecule has 0 radical (unpaired) electrons. The Bertz CT molecular complexity index is 1710. The molecule has 6 rings (SSSR count). The van der Waals surface area contributed by atoms with Gasteiger partial charge in [-0.05, 0) is 66.9 Å². The number of anilines is 1. The van der Waals surface area contributed by atoms with Gasteiger partial charge in [-0.2, -0.15) is 4.80 Å². The molecule has 2 N–H and O–H groups in total. The van der Waals surface area contributed by atoms with E-state index in [0.717, 1.165) is 28.5 Å². The lowest BCUT2D eigenvalue weighted by molar-refractivity contribution is -0.127. The van der Waals surface area contributed by atoms with Crippen LogP contribution in [0.15, 0.2) is 77.3 Å². The molecular formula is C30H29N7O5. The average Bonchev–Trinajstić information content (AvgIpc) is 3.78. The number of hydrogen-bond donors (Lipinski definition) is 2. The molecule has 12 nitrogen and oxygen atoms in total. The number of hydrogen-bond acceptors (Lipinski definition) is 9. The lowest BCUT2D eigenvalue weighted by Crippen LogP contribution is -2.46. The van der Waals surface area contributed by atoms with E-state index in [9.17, 15) is 14.7 Å². The third-order valence-corrected chi connectivity index (χ3v) is 7.06. The molecule has 0 spiro atoms. The number of phenols is 1. The van der Waals surface area contributed by atoms with Gasteiger partial charge in [-0.15, -0.1) is 10.2 Å². The van der Waals surface area contributed by atoms with Gasteiger partial charge in [0.2, 0.25) is 11.7 Å². The number of nitrogens with one attached hydrogen (secondary N) is 1. The van der Waals surface area contributed by atoms with Gasteiger partial charge in [-0.25, -0.2) is 0 Å². The Morgan fingerprint density at radius 2 is 1.98 bits per heavy atom. The molecular weight excluding hydrogens is 538 g/mol. The number of ether oxygens (including phenoxy) is 1. The summed E-state index contributed by atoms with van der Waals surface area (Å²) in [6.45, 7) is 2.45. The molecule has 214 valence electrons. The average molecular weight is 568 g/mol. The van der Waals surface area contributed by atoms with Gasteiger partial charge in [0.15, 0.2) is 5.76 Å². The van der Waals surface area contributed by atoms with Crippen LogP contribution in [0.25, 0.3) is 22.5 Å². The summed E-state index contributed by atoms with van der Waals surface area (Å²) < 4.78 is 11.3. The second-order valence-electron chi connectivity index (χ2n) is 10.1. The number of rotatable bonds is 9. The molecule has 1 fully saturated rings. The predicted molar refractivity (Wildman–Crippen MR) is 152 cm³/mol. The molecule has 2 atom stereocenters. The zero-order chi connectivity index (χ0) is 29.1. The van der Waals surface area contributed by atoms with Crippen LogP contribution < -0.4 is 10.2 Å². The van der Waals surface area contributed by atoms with Crippen LogP contribution in [0.2, 0.25) is 0 Å². The molecule has 1 aliphatic heterocycles. The summed E-state index contributed by atoms with van der Waals surface area (Å²) in [4.78, 5) is 35.1. The van der Waals surface area contributed by atoms with Gasteiger partial charge in [0.25, 0.3) is 5.91 Å². The monoisotopic (exact) mass is 567 g/mol. The number of carbonyl (C=O) groups excluding carboxylic acids is 2. The van der Waals surface area contributed by atoms with E-state index in [0.29, 0.717) is 35.9 Å². The minimum absolute atomic E-state index is 0.0371. The molecule has 0 unspecified atom stereocenters. The van der Waals surface area contributed by atoms with Crippen molar-refractivity contribution < 1.29 is 23.8 Å². The number of aromatic nitrogens is 5. The van der Waals surface area contributed by atoms with Crippen LogP contribution in [0, 0.1) is 6.92 Å². The number of aryl methyl sites for hydroxylation is 1. The fourth-order valence-corrected chi connectivity index (χ4v) is 4.98. The van der Waals surface area contributed by atoms with Gasteiger partial charge >= 0.3 is 0 Å². The number of carbonyl (C=O) groups is 2. The lowest BCUT2D eigenvalue weighted by Gasteiger charge is -2.31. The highest BCUT2D eigenvalue weighted by atomic mass is 16.5. The number of tetrazole rings is 1. The maximum atomic E-state index is 14.1. The SMILES string of the molecule is Cc1ccc(-c2nnn(CC(=O)N(c3cnc4ccccc4c3)[C@@H](C(=O)NC[C@@H]3CCCO3)c3ccc(O)cc3)n2)o1. The molecule has 5 aromatic rings. The summed E-state index contributed by atoms with van der Waals surface area (Å²) in [5.41, 5.74) is 1.65. The highest BCUT2D eigenvalue weighted by Gasteiger charge is 2.34. The van der Waals surface area contributed by atoms with Crippen molar-refractivity contribution in [2.45, 2.75) is 38.5 Å². The summed E-state index contributed by atoms with van der Waals surface area (Å²) >= 11 is 0. The molecule has 4 heterocycles. The van der Waals surface area contributed by atoms with Crippen molar-refractivity contribution in [3.63, 3.8) is 0 Å². The molecule has 0 bridgehead atoms. The number of aromatic hydroxyl groups is 1. The number of nitrogens with zero attached hydrogens (tertiary/aromatic N) is 6. The van der Waals surface area contributed by atoms with Crippen LogP contribution in [0.1, 0.15) is 30.2 Å². The number of furan rings is 1. The standard InChI is InChI=1S/C30H29N7O5/c1-19-8-13-26(42-19)29-33-35-36(34-29)18-27(39)37(22-15-21-5-2-3-7-25(21)31-16-22)28(20-9-11-23(38)12-10-20)30(40)32-17-24-6-4-14-41-24/h2-3,5,7-13,15-16,24,28,38H,4,6,14,17-18H2,1H3,(H,32,40)/t24-,28+/m0/s1. The third-order valence-electron chi connectivity index (χ3n) is 7.06. The van der Waals surface area contributed by atoms with E-state index >= 15 is 0 Å². The number of pyridine rings is 1. The Morgan fingerprint density at radius 1 is 1.14 bits per heavy atom. The Kier molecular flexibility index (Phi) is 7.60. The van der Waals surface area contributed by atoms with E-state index in [1.807, 2.05) is 30.3 Å². The maximum absolute atomic E-state index is 14.1. The van der Waals surface area contributed by atoms with Gasteiger partial charge in [-0.1, -0.05) is 30.3 Å². The zero-order valence-electron chi connectivity index (χ0n) is 22.9. The molecule has 0 saturated carbocycles. The molecule has 2 amide bonds. The van der Waals surface area contributed by atoms with E-state index in [1.54, 1.807) is 37.4 Å². The van der Waals surface area contributed by atoms with E-state index in [2.05, 4.69) is 25.7 Å². The molecule has 12 heteroatoms. The topological polar surface area (TPSA) is 148 Å². The number of fused-ring (bicyclic) bond motifs is 1. The summed E-state index contributed by atoms with van der Waals surface area (Å²) in [5.74, 6) is 0.512. The van der Waals surface area contributed by atoms with Crippen LogP contribution in [-0.4, -0.2) is 61.4 Å². The highest BCUT2D eigenvalue weighted by Crippen LogP contribution is 2.31. The van der Waals surface area contributed by atoms with Crippen molar-refractivity contribution in [1.29, 1.82) is 0 Å². The van der Waals surface area contributed by atoms with E-state index in [4.69, 9.17) is 9.15 Å². The van der Waals surface area contributed by atoms with Crippen LogP contribution >= 0.6 is 0 Å². The van der Waals surface area contributed by atoms with Gasteiger partial charge in [0.05, 0.1) is 23.5 Å². The van der Waals surface area contributed by atoms with Gasteiger partial charge in [0, 0.05) is 18.5 Å². The van der Waals surface area contributed by atoms with Gasteiger partial charge < -0.3 is 19.6 Å². The molecule has 0 aliphatic carbocycles. The van der Waals surface area contributed by atoms with Crippen molar-refractivity contribution in [2.75, 3.05) is 18.1 Å². The normalized spacial score (nSPS) is 15.5. The van der Waals surface area contributed by atoms with Crippen molar-refractivity contribution in [2.24, 2.45) is 0 Å². The minimum Gasteiger partial charge on any atom is -0.508 e.